The van der Waals surface area contributed by atoms with E-state index in [0.717, 1.165) is 5.56 Å². The number of hydrogen-bond donors (Lipinski definition) is 2. The van der Waals surface area contributed by atoms with E-state index in [9.17, 15) is 14.4 Å². The largest absolute Gasteiger partial charge is 0.325 e. The minimum absolute atomic E-state index is 0.284. The van der Waals surface area contributed by atoms with Crippen LogP contribution in [0, 0.1) is 0 Å². The van der Waals surface area contributed by atoms with E-state index in [1.54, 1.807) is 24.3 Å². The van der Waals surface area contributed by atoms with E-state index in [0.29, 0.717) is 11.1 Å². The van der Waals surface area contributed by atoms with Gasteiger partial charge in [-0.15, -0.1) is 0 Å². The summed E-state index contributed by atoms with van der Waals surface area (Å²) in [5.41, 5.74) is -0.168. The first-order chi connectivity index (χ1) is 11.0. The van der Waals surface area contributed by atoms with Crippen molar-refractivity contribution in [2.24, 2.45) is 0 Å². The molecule has 0 fully saturated rings. The smallest absolute Gasteiger partial charge is 0.220 e. The third-order valence-electron chi connectivity index (χ3n) is 3.86. The first-order valence-corrected chi connectivity index (χ1v) is 7.31. The van der Waals surface area contributed by atoms with Crippen LogP contribution in [0.3, 0.4) is 0 Å². The number of hydrogen-bond acceptors (Lipinski definition) is 4. The summed E-state index contributed by atoms with van der Waals surface area (Å²) < 4.78 is 0. The highest BCUT2D eigenvalue weighted by molar-refractivity contribution is 6.33. The maximum absolute atomic E-state index is 12.8. The van der Waals surface area contributed by atoms with Crippen molar-refractivity contribution in [2.75, 3.05) is 0 Å². The molecule has 23 heavy (non-hydrogen) atoms. The van der Waals surface area contributed by atoms with Crippen molar-refractivity contribution < 1.29 is 14.4 Å². The molecule has 3 rings (SSSR count). The number of Topliss-reactive ketones (excluding diaryl/α,β-unsaturated/α-hetero) is 2. The summed E-state index contributed by atoms with van der Waals surface area (Å²) in [5.74, 6) is -1.30. The van der Waals surface area contributed by atoms with Gasteiger partial charge in [-0.25, -0.2) is 0 Å². The van der Waals surface area contributed by atoms with Crippen LogP contribution in [0.15, 0.2) is 54.6 Å². The van der Waals surface area contributed by atoms with Crippen LogP contribution >= 0.6 is 0 Å². The molecule has 0 aromatic heterocycles. The Balaban J connectivity index is 1.97. The Morgan fingerprint density at radius 1 is 0.913 bits per heavy atom. The Bertz CT molecular complexity index is 749. The molecule has 116 valence electrons. The molecular weight excluding hydrogens is 292 g/mol. The zero-order valence-corrected chi connectivity index (χ0v) is 12.6. The predicted molar refractivity (Wildman–Crippen MR) is 84.9 cm³/mol. The first kappa shape index (κ1) is 15.1. The second-order valence-corrected chi connectivity index (χ2v) is 5.47. The number of amides is 1. The van der Waals surface area contributed by atoms with Crippen molar-refractivity contribution in [1.82, 2.24) is 10.6 Å². The lowest BCUT2D eigenvalue weighted by Crippen LogP contribution is -2.65. The number of carbonyl (C=O) groups is 3. The predicted octanol–water partition coefficient (Wildman–Crippen LogP) is 1.69. The van der Waals surface area contributed by atoms with E-state index >= 15 is 0 Å². The molecule has 1 aliphatic carbocycles. The average molecular weight is 308 g/mol. The van der Waals surface area contributed by atoms with Crippen molar-refractivity contribution in [3.63, 3.8) is 0 Å². The summed E-state index contributed by atoms with van der Waals surface area (Å²) in [7, 11) is 0. The van der Waals surface area contributed by atoms with Gasteiger partial charge in [0.25, 0.3) is 0 Å². The molecule has 0 saturated carbocycles. The maximum Gasteiger partial charge on any atom is 0.220 e. The molecule has 0 bridgehead atoms. The maximum atomic E-state index is 12.8. The molecule has 0 spiro atoms. The van der Waals surface area contributed by atoms with Crippen LogP contribution in [0.25, 0.3) is 0 Å². The molecule has 0 atom stereocenters. The highest BCUT2D eigenvalue weighted by Gasteiger charge is 2.53. The van der Waals surface area contributed by atoms with Crippen LogP contribution < -0.4 is 10.6 Å². The fraction of sp³-hybridized carbons (Fsp3) is 0.167. The van der Waals surface area contributed by atoms with Crippen molar-refractivity contribution in [3.05, 3.63) is 71.3 Å². The van der Waals surface area contributed by atoms with Crippen molar-refractivity contribution in [1.29, 1.82) is 0 Å². The number of carbonyl (C=O) groups excluding carboxylic acids is 3. The monoisotopic (exact) mass is 308 g/mol. The molecule has 0 saturated heterocycles. The minimum atomic E-state index is -1.73. The molecule has 1 amide bonds. The lowest BCUT2D eigenvalue weighted by Gasteiger charge is -2.28. The lowest BCUT2D eigenvalue weighted by atomic mass is 10.0. The Labute approximate surface area is 133 Å². The van der Waals surface area contributed by atoms with Crippen LogP contribution in [0.1, 0.15) is 33.2 Å². The van der Waals surface area contributed by atoms with Crippen molar-refractivity contribution in [3.8, 4) is 0 Å². The fourth-order valence-electron chi connectivity index (χ4n) is 2.80. The molecule has 5 nitrogen and oxygen atoms in total. The van der Waals surface area contributed by atoms with Crippen LogP contribution in [0.5, 0.6) is 0 Å². The third kappa shape index (κ3) is 2.55. The van der Waals surface area contributed by atoms with E-state index in [1.165, 1.54) is 6.92 Å². The molecule has 0 heterocycles. The molecule has 2 N–H and O–H groups in total. The summed E-state index contributed by atoms with van der Waals surface area (Å²) in [5, 5.41) is 5.48. The lowest BCUT2D eigenvalue weighted by molar-refractivity contribution is -0.120. The van der Waals surface area contributed by atoms with Crippen LogP contribution in [-0.4, -0.2) is 23.1 Å². The van der Waals surface area contributed by atoms with Gasteiger partial charge in [0.2, 0.25) is 23.1 Å². The van der Waals surface area contributed by atoms with Crippen LogP contribution in [0.4, 0.5) is 0 Å². The molecule has 0 unspecified atom stereocenters. The highest BCUT2D eigenvalue weighted by atomic mass is 16.2. The van der Waals surface area contributed by atoms with Crippen molar-refractivity contribution >= 4 is 17.5 Å². The Morgan fingerprint density at radius 3 is 1.96 bits per heavy atom. The Kier molecular flexibility index (Phi) is 3.80. The topological polar surface area (TPSA) is 75.3 Å². The molecule has 5 heteroatoms. The number of benzene rings is 2. The zero-order valence-electron chi connectivity index (χ0n) is 12.6. The van der Waals surface area contributed by atoms with Gasteiger partial charge in [0, 0.05) is 24.6 Å². The van der Waals surface area contributed by atoms with Gasteiger partial charge in [-0.1, -0.05) is 54.6 Å². The SMILES string of the molecule is CC(=O)NC1(NCc2ccccc2)C(=O)c2ccccc2C1=O. The minimum Gasteiger partial charge on any atom is -0.325 e. The van der Waals surface area contributed by atoms with Gasteiger partial charge in [0.05, 0.1) is 0 Å². The van der Waals surface area contributed by atoms with Gasteiger partial charge in [0.15, 0.2) is 0 Å². The second kappa shape index (κ2) is 5.78. The van der Waals surface area contributed by atoms with E-state index in [2.05, 4.69) is 10.6 Å². The normalized spacial score (nSPS) is 15.3. The number of fused-ring (bicyclic) bond motifs is 1. The van der Waals surface area contributed by atoms with Gasteiger partial charge in [-0.2, -0.15) is 0 Å². The molecule has 1 aliphatic rings. The third-order valence-corrected chi connectivity index (χ3v) is 3.86. The summed E-state index contributed by atoms with van der Waals surface area (Å²) in [6, 6.07) is 16.0. The van der Waals surface area contributed by atoms with Gasteiger partial charge in [-0.3, -0.25) is 19.7 Å². The summed E-state index contributed by atoms with van der Waals surface area (Å²) in [4.78, 5) is 37.2. The van der Waals surface area contributed by atoms with E-state index in [4.69, 9.17) is 0 Å². The molecule has 0 radical (unpaired) electrons. The molecular formula is C18H16N2O3. The number of rotatable bonds is 4. The quantitative estimate of drug-likeness (QED) is 0.666. The van der Waals surface area contributed by atoms with Crippen LogP contribution in [-0.2, 0) is 11.3 Å². The summed E-state index contributed by atoms with van der Waals surface area (Å²) in [6.45, 7) is 1.57. The fourth-order valence-corrected chi connectivity index (χ4v) is 2.80. The second-order valence-electron chi connectivity index (χ2n) is 5.47. The molecule has 0 aliphatic heterocycles. The van der Waals surface area contributed by atoms with Gasteiger partial charge in [-0.05, 0) is 5.56 Å². The first-order valence-electron chi connectivity index (χ1n) is 7.31. The van der Waals surface area contributed by atoms with E-state index < -0.39 is 23.1 Å². The average Bonchev–Trinajstić information content (AvgIpc) is 2.76. The van der Waals surface area contributed by atoms with Gasteiger partial charge >= 0.3 is 0 Å². The Hall–Kier alpha value is -2.79. The van der Waals surface area contributed by atoms with E-state index in [-0.39, 0.29) is 6.54 Å². The van der Waals surface area contributed by atoms with Crippen molar-refractivity contribution in [2.45, 2.75) is 19.1 Å². The standard InChI is InChI=1S/C18H16N2O3/c1-12(21)20-18(19-11-13-7-3-2-4-8-13)16(22)14-9-5-6-10-15(14)17(18)23/h2-10,19H,11H2,1H3,(H,20,21). The Morgan fingerprint density at radius 2 is 1.43 bits per heavy atom. The van der Waals surface area contributed by atoms with E-state index in [1.807, 2.05) is 30.3 Å². The van der Waals surface area contributed by atoms with Gasteiger partial charge < -0.3 is 5.32 Å². The number of ketones is 2. The summed E-state index contributed by atoms with van der Waals surface area (Å²) in [6.07, 6.45) is 0. The zero-order chi connectivity index (χ0) is 16.4. The highest BCUT2D eigenvalue weighted by Crippen LogP contribution is 2.28. The van der Waals surface area contributed by atoms with Crippen LogP contribution in [0.2, 0.25) is 0 Å². The molecule has 2 aromatic rings. The molecule has 2 aromatic carbocycles. The summed E-state index contributed by atoms with van der Waals surface area (Å²) >= 11 is 0. The van der Waals surface area contributed by atoms with Gasteiger partial charge in [0.1, 0.15) is 0 Å². The number of nitrogens with one attached hydrogen (secondary N) is 2.